The highest BCUT2D eigenvalue weighted by Gasteiger charge is 2.31. The summed E-state index contributed by atoms with van der Waals surface area (Å²) in [5, 5.41) is 9.76. The summed E-state index contributed by atoms with van der Waals surface area (Å²) in [6.45, 7) is 7.35. The van der Waals surface area contributed by atoms with E-state index in [0.29, 0.717) is 5.75 Å². The molecule has 0 saturated carbocycles. The van der Waals surface area contributed by atoms with Crippen LogP contribution in [0.2, 0.25) is 0 Å². The van der Waals surface area contributed by atoms with Gasteiger partial charge in [-0.1, -0.05) is 6.08 Å². The standard InChI is InChI=1S/C18H20N2O/c1-13-11-18(2,3)20(12-14-6-8-19-9-7-14)17-5-4-15(21)10-16(13)17/h4-11,21H,12H2,1-3H3. The molecule has 1 aliphatic rings. The summed E-state index contributed by atoms with van der Waals surface area (Å²) in [4.78, 5) is 6.44. The molecule has 3 rings (SSSR count). The number of aromatic nitrogens is 1. The number of aromatic hydroxyl groups is 1. The Morgan fingerprint density at radius 2 is 1.86 bits per heavy atom. The van der Waals surface area contributed by atoms with E-state index in [1.54, 1.807) is 6.07 Å². The summed E-state index contributed by atoms with van der Waals surface area (Å²) in [6.07, 6.45) is 5.91. The van der Waals surface area contributed by atoms with Crippen LogP contribution in [0.4, 0.5) is 5.69 Å². The highest BCUT2D eigenvalue weighted by atomic mass is 16.3. The van der Waals surface area contributed by atoms with Crippen molar-refractivity contribution in [1.82, 2.24) is 4.98 Å². The Labute approximate surface area is 125 Å². The minimum atomic E-state index is -0.0721. The first-order valence-corrected chi connectivity index (χ1v) is 7.17. The number of allylic oxidation sites excluding steroid dienone is 1. The Kier molecular flexibility index (Phi) is 3.20. The number of phenols is 1. The van der Waals surface area contributed by atoms with Gasteiger partial charge in [-0.3, -0.25) is 4.98 Å². The van der Waals surface area contributed by atoms with Gasteiger partial charge in [0.1, 0.15) is 5.75 Å². The zero-order valence-corrected chi connectivity index (χ0v) is 12.7. The average molecular weight is 280 g/mol. The van der Waals surface area contributed by atoms with Gasteiger partial charge in [0.05, 0.1) is 5.54 Å². The molecule has 2 heterocycles. The Balaban J connectivity index is 2.07. The molecular formula is C18H20N2O. The Bertz CT molecular complexity index is 690. The Morgan fingerprint density at radius 3 is 2.57 bits per heavy atom. The van der Waals surface area contributed by atoms with Crippen LogP contribution in [0.3, 0.4) is 0 Å². The molecule has 21 heavy (non-hydrogen) atoms. The maximum Gasteiger partial charge on any atom is 0.116 e. The summed E-state index contributed by atoms with van der Waals surface area (Å²) in [6, 6.07) is 9.69. The van der Waals surface area contributed by atoms with Gasteiger partial charge in [0.2, 0.25) is 0 Å². The molecule has 1 aromatic heterocycles. The lowest BCUT2D eigenvalue weighted by molar-refractivity contribution is 0.474. The number of hydrogen-bond donors (Lipinski definition) is 1. The molecule has 0 fully saturated rings. The molecule has 2 aromatic rings. The van der Waals surface area contributed by atoms with Crippen LogP contribution in [-0.4, -0.2) is 15.6 Å². The first-order valence-electron chi connectivity index (χ1n) is 7.17. The second-order valence-corrected chi connectivity index (χ2v) is 6.12. The van der Waals surface area contributed by atoms with Crippen LogP contribution >= 0.6 is 0 Å². The number of anilines is 1. The monoisotopic (exact) mass is 280 g/mol. The predicted octanol–water partition coefficient (Wildman–Crippen LogP) is 3.99. The number of phenolic OH excluding ortho intramolecular Hbond substituents is 1. The van der Waals surface area contributed by atoms with E-state index in [4.69, 9.17) is 0 Å². The topological polar surface area (TPSA) is 36.4 Å². The maximum absolute atomic E-state index is 9.76. The van der Waals surface area contributed by atoms with Gasteiger partial charge < -0.3 is 10.0 Å². The molecule has 3 heteroatoms. The lowest BCUT2D eigenvalue weighted by Crippen LogP contribution is -2.44. The van der Waals surface area contributed by atoms with Crippen molar-refractivity contribution in [2.45, 2.75) is 32.9 Å². The van der Waals surface area contributed by atoms with E-state index in [9.17, 15) is 5.11 Å². The molecule has 0 atom stereocenters. The van der Waals surface area contributed by atoms with Crippen LogP contribution in [0.15, 0.2) is 48.8 Å². The lowest BCUT2D eigenvalue weighted by atomic mass is 9.88. The molecule has 0 radical (unpaired) electrons. The van der Waals surface area contributed by atoms with E-state index in [-0.39, 0.29) is 5.54 Å². The Morgan fingerprint density at radius 1 is 1.14 bits per heavy atom. The van der Waals surface area contributed by atoms with Crippen LogP contribution < -0.4 is 4.90 Å². The van der Waals surface area contributed by atoms with Crippen LogP contribution in [0.25, 0.3) is 5.57 Å². The average Bonchev–Trinajstić information content (AvgIpc) is 2.44. The summed E-state index contributed by atoms with van der Waals surface area (Å²) in [5.41, 5.74) is 4.62. The third-order valence-electron chi connectivity index (χ3n) is 4.05. The van der Waals surface area contributed by atoms with Gasteiger partial charge >= 0.3 is 0 Å². The number of fused-ring (bicyclic) bond motifs is 1. The fourth-order valence-corrected chi connectivity index (χ4v) is 3.03. The third kappa shape index (κ3) is 2.51. The van der Waals surface area contributed by atoms with Gasteiger partial charge in [-0.2, -0.15) is 0 Å². The van der Waals surface area contributed by atoms with Gasteiger partial charge in [0.15, 0.2) is 0 Å². The zero-order chi connectivity index (χ0) is 15.0. The van der Waals surface area contributed by atoms with Gasteiger partial charge in [0, 0.05) is 30.2 Å². The lowest BCUT2D eigenvalue weighted by Gasteiger charge is -2.43. The number of rotatable bonds is 2. The highest BCUT2D eigenvalue weighted by molar-refractivity contribution is 5.81. The minimum Gasteiger partial charge on any atom is -0.508 e. The molecule has 0 saturated heterocycles. The van der Waals surface area contributed by atoms with E-state index >= 15 is 0 Å². The largest absolute Gasteiger partial charge is 0.508 e. The van der Waals surface area contributed by atoms with Crippen molar-refractivity contribution in [3.63, 3.8) is 0 Å². The molecule has 1 aromatic carbocycles. The first-order chi connectivity index (χ1) is 9.97. The summed E-state index contributed by atoms with van der Waals surface area (Å²) in [7, 11) is 0. The van der Waals surface area contributed by atoms with Crippen LogP contribution in [0.1, 0.15) is 31.9 Å². The van der Waals surface area contributed by atoms with Gasteiger partial charge in [-0.15, -0.1) is 0 Å². The third-order valence-corrected chi connectivity index (χ3v) is 4.05. The summed E-state index contributed by atoms with van der Waals surface area (Å²) >= 11 is 0. The van der Waals surface area contributed by atoms with Crippen molar-refractivity contribution < 1.29 is 5.11 Å². The molecule has 108 valence electrons. The SMILES string of the molecule is CC1=CC(C)(C)N(Cc2ccncc2)c2ccc(O)cc21. The fourth-order valence-electron chi connectivity index (χ4n) is 3.03. The van der Waals surface area contributed by atoms with Crippen molar-refractivity contribution in [3.05, 3.63) is 59.9 Å². The second kappa shape index (κ2) is 4.92. The van der Waals surface area contributed by atoms with Crippen molar-refractivity contribution in [1.29, 1.82) is 0 Å². The maximum atomic E-state index is 9.76. The van der Waals surface area contributed by atoms with Crippen molar-refractivity contribution in [2.75, 3.05) is 4.90 Å². The highest BCUT2D eigenvalue weighted by Crippen LogP contribution is 2.41. The van der Waals surface area contributed by atoms with Crippen LogP contribution in [0, 0.1) is 0 Å². The fraction of sp³-hybridized carbons (Fsp3) is 0.278. The zero-order valence-electron chi connectivity index (χ0n) is 12.7. The molecule has 1 aliphatic heterocycles. The molecular weight excluding hydrogens is 260 g/mol. The van der Waals surface area contributed by atoms with E-state index in [1.807, 2.05) is 36.7 Å². The summed E-state index contributed by atoms with van der Waals surface area (Å²) < 4.78 is 0. The number of nitrogens with zero attached hydrogens (tertiary/aromatic N) is 2. The van der Waals surface area contributed by atoms with E-state index in [2.05, 4.69) is 36.7 Å². The molecule has 0 bridgehead atoms. The molecule has 0 amide bonds. The van der Waals surface area contributed by atoms with E-state index < -0.39 is 0 Å². The van der Waals surface area contributed by atoms with E-state index in [1.165, 1.54) is 11.1 Å². The summed E-state index contributed by atoms with van der Waals surface area (Å²) in [5.74, 6) is 0.310. The van der Waals surface area contributed by atoms with Gasteiger partial charge in [0.25, 0.3) is 0 Å². The van der Waals surface area contributed by atoms with Gasteiger partial charge in [-0.25, -0.2) is 0 Å². The van der Waals surface area contributed by atoms with Crippen molar-refractivity contribution >= 4 is 11.3 Å². The first kappa shape index (κ1) is 13.7. The second-order valence-electron chi connectivity index (χ2n) is 6.12. The van der Waals surface area contributed by atoms with Gasteiger partial charge in [-0.05, 0) is 62.2 Å². The molecule has 3 nitrogen and oxygen atoms in total. The smallest absolute Gasteiger partial charge is 0.116 e. The number of hydrogen-bond acceptors (Lipinski definition) is 3. The number of benzene rings is 1. The minimum absolute atomic E-state index is 0.0721. The molecule has 0 aliphatic carbocycles. The van der Waals surface area contributed by atoms with Crippen molar-refractivity contribution in [3.8, 4) is 5.75 Å². The quantitative estimate of drug-likeness (QED) is 0.903. The predicted molar refractivity (Wildman–Crippen MR) is 86.3 cm³/mol. The van der Waals surface area contributed by atoms with Crippen LogP contribution in [0.5, 0.6) is 5.75 Å². The van der Waals surface area contributed by atoms with Crippen molar-refractivity contribution in [2.24, 2.45) is 0 Å². The van der Waals surface area contributed by atoms with Crippen LogP contribution in [-0.2, 0) is 6.54 Å². The molecule has 0 unspecified atom stereocenters. The van der Waals surface area contributed by atoms with E-state index in [0.717, 1.165) is 17.8 Å². The molecule has 0 spiro atoms. The number of pyridine rings is 1. The normalized spacial score (nSPS) is 16.3. The molecule has 1 N–H and O–H groups in total. The Hall–Kier alpha value is -2.29.